The van der Waals surface area contributed by atoms with Crippen LogP contribution in [0.1, 0.15) is 12.8 Å². The molecule has 0 aromatic rings. The van der Waals surface area contributed by atoms with Crippen LogP contribution < -0.4 is 5.32 Å². The van der Waals surface area contributed by atoms with Gasteiger partial charge in [-0.05, 0) is 13.6 Å². The predicted molar refractivity (Wildman–Crippen MR) is 37.4 cm³/mol. The van der Waals surface area contributed by atoms with E-state index in [2.05, 4.69) is 12.2 Å². The van der Waals surface area contributed by atoms with Crippen LogP contribution in [0, 0.1) is 19.8 Å². The first kappa shape index (κ1) is 12.3. The van der Waals surface area contributed by atoms with Gasteiger partial charge < -0.3 is 19.7 Å². The van der Waals surface area contributed by atoms with Crippen LogP contribution in [0.5, 0.6) is 0 Å². The summed E-state index contributed by atoms with van der Waals surface area (Å²) in [6.07, 6.45) is 2.63. The zero-order valence-corrected chi connectivity index (χ0v) is 9.17. The minimum atomic E-state index is 0. The van der Waals surface area contributed by atoms with E-state index in [0.717, 1.165) is 6.54 Å². The van der Waals surface area contributed by atoms with Crippen molar-refractivity contribution in [2.45, 2.75) is 12.8 Å². The van der Waals surface area contributed by atoms with Gasteiger partial charge in [0, 0.05) is 0 Å². The number of hydrogen-bond acceptors (Lipinski definition) is 1. The van der Waals surface area contributed by atoms with Crippen LogP contribution in [0.25, 0.3) is 0 Å². The van der Waals surface area contributed by atoms with Gasteiger partial charge in [-0.2, -0.15) is 0 Å². The Kier molecular flexibility index (Phi) is 6.12. The summed E-state index contributed by atoms with van der Waals surface area (Å²) in [5.74, 6) is 0. The number of nitrogens with one attached hydrogen (secondary N) is 1. The maximum absolute atomic E-state index is 4.01. The molecule has 54 valence electrons. The SMILES string of the molecule is [CH2-]C1(CNC)CC1.[CH3-].[W+2]. The molecule has 1 fully saturated rings. The van der Waals surface area contributed by atoms with Crippen LogP contribution in [0.4, 0.5) is 0 Å². The van der Waals surface area contributed by atoms with Crippen LogP contribution >= 0.6 is 0 Å². The molecule has 0 atom stereocenters. The monoisotopic (exact) mass is 297 g/mol. The standard InChI is InChI=1S/C6H12N.CH3.W/c1-6(3-4-6)5-7-2;;/h7H,1,3-5H2,2H3;1H3;/q2*-1;+2. The molecule has 0 radical (unpaired) electrons. The second-order valence-electron chi connectivity index (χ2n) is 2.53. The van der Waals surface area contributed by atoms with Gasteiger partial charge in [0.15, 0.2) is 0 Å². The fourth-order valence-electron chi connectivity index (χ4n) is 0.729. The van der Waals surface area contributed by atoms with E-state index in [9.17, 15) is 0 Å². The molecule has 0 aromatic carbocycles. The molecule has 0 spiro atoms. The molecule has 0 aromatic heterocycles. The number of rotatable bonds is 2. The van der Waals surface area contributed by atoms with Crippen molar-refractivity contribution in [1.29, 1.82) is 0 Å². The third-order valence-electron chi connectivity index (χ3n) is 1.51. The summed E-state index contributed by atoms with van der Waals surface area (Å²) in [5.41, 5.74) is 0.439. The smallest absolute Gasteiger partial charge is 0.358 e. The first-order valence-electron chi connectivity index (χ1n) is 2.77. The molecule has 1 aliphatic carbocycles. The maximum atomic E-state index is 4.01. The van der Waals surface area contributed by atoms with Gasteiger partial charge in [0.25, 0.3) is 0 Å². The molecule has 1 saturated carbocycles. The summed E-state index contributed by atoms with van der Waals surface area (Å²) in [4.78, 5) is 0. The van der Waals surface area contributed by atoms with Crippen molar-refractivity contribution in [2.75, 3.05) is 13.6 Å². The summed E-state index contributed by atoms with van der Waals surface area (Å²) in [6, 6.07) is 0. The van der Waals surface area contributed by atoms with E-state index in [0.29, 0.717) is 5.41 Å². The average molecular weight is 297 g/mol. The zero-order valence-electron chi connectivity index (χ0n) is 6.24. The van der Waals surface area contributed by atoms with Gasteiger partial charge in [-0.25, -0.2) is 0 Å². The molecule has 9 heavy (non-hydrogen) atoms. The maximum Gasteiger partial charge on any atom is 2.00 e. The normalized spacial score (nSPS) is 19.3. The molecule has 1 nitrogen and oxygen atoms in total. The summed E-state index contributed by atoms with van der Waals surface area (Å²) in [5, 5.41) is 3.11. The van der Waals surface area contributed by atoms with Crippen LogP contribution in [-0.4, -0.2) is 13.6 Å². The summed E-state index contributed by atoms with van der Waals surface area (Å²) < 4.78 is 0. The van der Waals surface area contributed by atoms with Crippen LogP contribution in [0.3, 0.4) is 0 Å². The first-order valence-corrected chi connectivity index (χ1v) is 2.77. The van der Waals surface area contributed by atoms with E-state index < -0.39 is 0 Å². The van der Waals surface area contributed by atoms with Crippen LogP contribution in [0.15, 0.2) is 0 Å². The van der Waals surface area contributed by atoms with Crippen molar-refractivity contribution >= 4 is 0 Å². The predicted octanol–water partition coefficient (Wildman–Crippen LogP) is 1.27. The van der Waals surface area contributed by atoms with Gasteiger partial charge in [-0.15, -0.1) is 5.41 Å². The van der Waals surface area contributed by atoms with Crippen molar-refractivity contribution in [3.8, 4) is 0 Å². The largest absolute Gasteiger partial charge is 2.00 e. The Morgan fingerprint density at radius 3 is 2.11 bits per heavy atom. The van der Waals surface area contributed by atoms with Gasteiger partial charge in [-0.1, -0.05) is 12.8 Å². The van der Waals surface area contributed by atoms with Crippen molar-refractivity contribution in [3.63, 3.8) is 0 Å². The minimum Gasteiger partial charge on any atom is -0.358 e. The zero-order chi connectivity index (χ0) is 5.33. The van der Waals surface area contributed by atoms with E-state index in [-0.39, 0.29) is 28.5 Å². The van der Waals surface area contributed by atoms with E-state index in [4.69, 9.17) is 0 Å². The van der Waals surface area contributed by atoms with Crippen molar-refractivity contribution < 1.29 is 21.1 Å². The van der Waals surface area contributed by atoms with Gasteiger partial charge >= 0.3 is 21.1 Å². The Morgan fingerprint density at radius 2 is 2.00 bits per heavy atom. The summed E-state index contributed by atoms with van der Waals surface area (Å²) in [6.45, 7) is 5.10. The van der Waals surface area contributed by atoms with Gasteiger partial charge in [0.2, 0.25) is 0 Å². The first-order chi connectivity index (χ1) is 3.27. The molecule has 1 aliphatic rings. The van der Waals surface area contributed by atoms with Crippen molar-refractivity contribution in [1.82, 2.24) is 5.32 Å². The fraction of sp³-hybridized carbons (Fsp3) is 0.714. The molecule has 0 aliphatic heterocycles. The minimum absolute atomic E-state index is 0. The summed E-state index contributed by atoms with van der Waals surface area (Å²) in [7, 11) is 1.98. The van der Waals surface area contributed by atoms with Crippen molar-refractivity contribution in [2.24, 2.45) is 5.41 Å². The molecule has 0 saturated heterocycles. The molecule has 1 rings (SSSR count). The van der Waals surface area contributed by atoms with Gasteiger partial charge in [0.05, 0.1) is 0 Å². The van der Waals surface area contributed by atoms with Crippen LogP contribution in [-0.2, 0) is 21.1 Å². The quantitative estimate of drug-likeness (QED) is 0.757. The Balaban J connectivity index is 0. The van der Waals surface area contributed by atoms with E-state index >= 15 is 0 Å². The fourth-order valence-corrected chi connectivity index (χ4v) is 0.729. The van der Waals surface area contributed by atoms with Gasteiger partial charge in [-0.3, -0.25) is 0 Å². The molecule has 0 heterocycles. The third-order valence-corrected chi connectivity index (χ3v) is 1.51. The Bertz CT molecular complexity index is 69.3. The molecule has 0 unspecified atom stereocenters. The summed E-state index contributed by atoms with van der Waals surface area (Å²) >= 11 is 0. The Labute approximate surface area is 72.9 Å². The van der Waals surface area contributed by atoms with E-state index in [1.54, 1.807) is 0 Å². The molecule has 0 amide bonds. The molecule has 0 bridgehead atoms. The van der Waals surface area contributed by atoms with E-state index in [1.807, 2.05) is 7.05 Å². The third kappa shape index (κ3) is 4.11. The van der Waals surface area contributed by atoms with Crippen molar-refractivity contribution in [3.05, 3.63) is 14.4 Å². The average Bonchev–Trinajstić information content (AvgIpc) is 2.22. The second kappa shape index (κ2) is 4.46. The van der Waals surface area contributed by atoms with Gasteiger partial charge in [0.1, 0.15) is 0 Å². The molecular formula is C7H15NW. The molecule has 2 heteroatoms. The Hall–Kier alpha value is 0.648. The molecular weight excluding hydrogens is 282 g/mol. The number of hydrogen-bond donors (Lipinski definition) is 1. The Morgan fingerprint density at radius 1 is 1.56 bits per heavy atom. The topological polar surface area (TPSA) is 12.0 Å². The van der Waals surface area contributed by atoms with Crippen LogP contribution in [0.2, 0.25) is 0 Å². The van der Waals surface area contributed by atoms with E-state index in [1.165, 1.54) is 12.8 Å². The second-order valence-corrected chi connectivity index (χ2v) is 2.53. The molecule has 1 N–H and O–H groups in total.